The average molecular weight is 353 g/mol. The molecule has 2 atom stereocenters. The van der Waals surface area contributed by atoms with Crippen LogP contribution in [0.3, 0.4) is 0 Å². The molecule has 0 aliphatic rings. The number of hydrogen-bond acceptors (Lipinski definition) is 3. The molecule has 2 rings (SSSR count). The molecule has 126 valence electrons. The molecule has 1 amide bonds. The van der Waals surface area contributed by atoms with Crippen molar-refractivity contribution in [3.8, 4) is 0 Å². The summed E-state index contributed by atoms with van der Waals surface area (Å²) >= 11 is 1.66. The highest BCUT2D eigenvalue weighted by Crippen LogP contribution is 2.26. The highest BCUT2D eigenvalue weighted by atomic mass is 35.5. The van der Waals surface area contributed by atoms with E-state index in [1.54, 1.807) is 11.3 Å². The van der Waals surface area contributed by atoms with Crippen molar-refractivity contribution in [2.45, 2.75) is 45.2 Å². The predicted octanol–water partition coefficient (Wildman–Crippen LogP) is 4.07. The number of hydrogen-bond donors (Lipinski definition) is 2. The molecule has 0 bridgehead atoms. The lowest BCUT2D eigenvalue weighted by atomic mass is 10.0. The van der Waals surface area contributed by atoms with Crippen molar-refractivity contribution in [3.05, 3.63) is 57.8 Å². The van der Waals surface area contributed by atoms with E-state index in [9.17, 15) is 4.79 Å². The van der Waals surface area contributed by atoms with Crippen LogP contribution >= 0.6 is 23.7 Å². The first-order valence-electron chi connectivity index (χ1n) is 7.77. The Morgan fingerprint density at radius 2 is 1.96 bits per heavy atom. The maximum absolute atomic E-state index is 12.1. The molecule has 3 N–H and O–H groups in total. The summed E-state index contributed by atoms with van der Waals surface area (Å²) in [6.07, 6.45) is 2.57. The van der Waals surface area contributed by atoms with Gasteiger partial charge in [-0.3, -0.25) is 4.79 Å². The summed E-state index contributed by atoms with van der Waals surface area (Å²) in [5.41, 5.74) is 8.16. The quantitative estimate of drug-likeness (QED) is 0.789. The van der Waals surface area contributed by atoms with E-state index in [1.807, 2.05) is 18.4 Å². The molecule has 1 aromatic carbocycles. The Labute approximate surface area is 148 Å². The SMILES string of the molecule is CCCc1ccc(C(NC(=O)CC(C)N)c2cccs2)cc1.Cl. The van der Waals surface area contributed by atoms with Gasteiger partial charge in [0.1, 0.15) is 0 Å². The molecule has 1 aromatic heterocycles. The molecular formula is C18H25ClN2OS. The standard InChI is InChI=1S/C18H24N2OS.ClH/c1-3-5-14-7-9-15(10-8-14)18(16-6-4-11-22-16)20-17(21)12-13(2)19;/h4,6-11,13,18H,3,5,12,19H2,1-2H3,(H,20,21);1H. The van der Waals surface area contributed by atoms with Crippen molar-refractivity contribution in [2.24, 2.45) is 5.73 Å². The monoisotopic (exact) mass is 352 g/mol. The van der Waals surface area contributed by atoms with Crippen molar-refractivity contribution >= 4 is 29.7 Å². The number of carbonyl (C=O) groups excluding carboxylic acids is 1. The molecule has 0 radical (unpaired) electrons. The number of benzene rings is 1. The number of nitrogens with two attached hydrogens (primary N) is 1. The number of nitrogens with one attached hydrogen (secondary N) is 1. The van der Waals surface area contributed by atoms with E-state index in [1.165, 1.54) is 5.56 Å². The summed E-state index contributed by atoms with van der Waals surface area (Å²) in [5, 5.41) is 5.14. The molecule has 0 saturated carbocycles. The summed E-state index contributed by atoms with van der Waals surface area (Å²) < 4.78 is 0. The van der Waals surface area contributed by atoms with Gasteiger partial charge in [-0.2, -0.15) is 0 Å². The van der Waals surface area contributed by atoms with Gasteiger partial charge in [0, 0.05) is 17.3 Å². The molecule has 2 unspecified atom stereocenters. The van der Waals surface area contributed by atoms with Gasteiger partial charge in [-0.1, -0.05) is 43.7 Å². The second kappa shape index (κ2) is 9.71. The van der Waals surface area contributed by atoms with Crippen molar-refractivity contribution in [1.82, 2.24) is 5.32 Å². The third kappa shape index (κ3) is 5.98. The Hall–Kier alpha value is -1.36. The van der Waals surface area contributed by atoms with Crippen molar-refractivity contribution in [1.29, 1.82) is 0 Å². The van der Waals surface area contributed by atoms with Gasteiger partial charge in [-0.15, -0.1) is 23.7 Å². The minimum absolute atomic E-state index is 0. The molecule has 0 aliphatic carbocycles. The average Bonchev–Trinajstić information content (AvgIpc) is 2.99. The van der Waals surface area contributed by atoms with Crippen LogP contribution in [0.1, 0.15) is 48.7 Å². The maximum atomic E-state index is 12.1. The lowest BCUT2D eigenvalue weighted by Gasteiger charge is -2.19. The highest BCUT2D eigenvalue weighted by Gasteiger charge is 2.18. The number of carbonyl (C=O) groups is 1. The van der Waals surface area contributed by atoms with Gasteiger partial charge in [-0.25, -0.2) is 0 Å². The molecule has 3 nitrogen and oxygen atoms in total. The van der Waals surface area contributed by atoms with E-state index in [0.717, 1.165) is 23.3 Å². The van der Waals surface area contributed by atoms with Crippen molar-refractivity contribution in [2.75, 3.05) is 0 Å². The number of halogens is 1. The normalized spacial score (nSPS) is 13.0. The zero-order valence-electron chi connectivity index (χ0n) is 13.6. The van der Waals surface area contributed by atoms with E-state index in [0.29, 0.717) is 6.42 Å². The Morgan fingerprint density at radius 1 is 1.26 bits per heavy atom. The molecular weight excluding hydrogens is 328 g/mol. The van der Waals surface area contributed by atoms with Crippen LogP contribution in [0.25, 0.3) is 0 Å². The summed E-state index contributed by atoms with van der Waals surface area (Å²) in [5.74, 6) is -0.00830. The number of amides is 1. The third-order valence-corrected chi connectivity index (χ3v) is 4.43. The maximum Gasteiger partial charge on any atom is 0.222 e. The molecule has 0 aliphatic heterocycles. The number of aryl methyl sites for hydroxylation is 1. The predicted molar refractivity (Wildman–Crippen MR) is 100 cm³/mol. The van der Waals surface area contributed by atoms with Crippen LogP contribution in [-0.4, -0.2) is 11.9 Å². The van der Waals surface area contributed by atoms with Crippen LogP contribution < -0.4 is 11.1 Å². The molecule has 1 heterocycles. The van der Waals surface area contributed by atoms with Crippen LogP contribution in [0.2, 0.25) is 0 Å². The molecule has 5 heteroatoms. The van der Waals surface area contributed by atoms with Crippen LogP contribution in [0.5, 0.6) is 0 Å². The lowest BCUT2D eigenvalue weighted by Crippen LogP contribution is -2.33. The van der Waals surface area contributed by atoms with E-state index in [2.05, 4.69) is 42.6 Å². The van der Waals surface area contributed by atoms with Crippen LogP contribution in [0.4, 0.5) is 0 Å². The van der Waals surface area contributed by atoms with Gasteiger partial charge >= 0.3 is 0 Å². The smallest absolute Gasteiger partial charge is 0.222 e. The second-order valence-corrected chi connectivity index (χ2v) is 6.67. The van der Waals surface area contributed by atoms with Gasteiger partial charge < -0.3 is 11.1 Å². The topological polar surface area (TPSA) is 55.1 Å². The molecule has 0 spiro atoms. The third-order valence-electron chi connectivity index (χ3n) is 3.49. The Morgan fingerprint density at radius 3 is 2.48 bits per heavy atom. The largest absolute Gasteiger partial charge is 0.344 e. The van der Waals surface area contributed by atoms with Crippen molar-refractivity contribution in [3.63, 3.8) is 0 Å². The van der Waals surface area contributed by atoms with Gasteiger partial charge in [0.05, 0.1) is 6.04 Å². The van der Waals surface area contributed by atoms with Gasteiger partial charge in [-0.05, 0) is 35.9 Å². The first-order chi connectivity index (χ1) is 10.6. The summed E-state index contributed by atoms with van der Waals surface area (Å²) in [7, 11) is 0. The van der Waals surface area contributed by atoms with Crippen molar-refractivity contribution < 1.29 is 4.79 Å². The van der Waals surface area contributed by atoms with E-state index in [-0.39, 0.29) is 30.4 Å². The highest BCUT2D eigenvalue weighted by molar-refractivity contribution is 7.10. The van der Waals surface area contributed by atoms with Crippen LogP contribution in [0, 0.1) is 0 Å². The molecule has 2 aromatic rings. The van der Waals surface area contributed by atoms with Crippen LogP contribution in [-0.2, 0) is 11.2 Å². The van der Waals surface area contributed by atoms with E-state index >= 15 is 0 Å². The number of rotatable bonds is 7. The van der Waals surface area contributed by atoms with E-state index in [4.69, 9.17) is 5.73 Å². The van der Waals surface area contributed by atoms with Gasteiger partial charge in [0.15, 0.2) is 0 Å². The fourth-order valence-corrected chi connectivity index (χ4v) is 3.25. The Bertz CT molecular complexity index is 582. The Balaban J connectivity index is 0.00000264. The molecule has 0 fully saturated rings. The molecule has 23 heavy (non-hydrogen) atoms. The molecule has 0 saturated heterocycles. The summed E-state index contributed by atoms with van der Waals surface area (Å²) in [6, 6.07) is 12.4. The second-order valence-electron chi connectivity index (χ2n) is 5.69. The minimum atomic E-state index is -0.129. The Kier molecular flexibility index (Phi) is 8.31. The lowest BCUT2D eigenvalue weighted by molar-refractivity contribution is -0.121. The summed E-state index contributed by atoms with van der Waals surface area (Å²) in [6.45, 7) is 4.02. The zero-order chi connectivity index (χ0) is 15.9. The fourth-order valence-electron chi connectivity index (χ4n) is 2.45. The minimum Gasteiger partial charge on any atom is -0.344 e. The van der Waals surface area contributed by atoms with E-state index < -0.39 is 0 Å². The summed E-state index contributed by atoms with van der Waals surface area (Å²) in [4.78, 5) is 13.3. The van der Waals surface area contributed by atoms with Gasteiger partial charge in [0.25, 0.3) is 0 Å². The van der Waals surface area contributed by atoms with Gasteiger partial charge in [0.2, 0.25) is 5.91 Å². The first kappa shape index (κ1) is 19.7. The fraction of sp³-hybridized carbons (Fsp3) is 0.389. The zero-order valence-corrected chi connectivity index (χ0v) is 15.3. The number of thiophene rings is 1. The first-order valence-corrected chi connectivity index (χ1v) is 8.65. The van der Waals surface area contributed by atoms with Crippen LogP contribution in [0.15, 0.2) is 41.8 Å².